The fourth-order valence-electron chi connectivity index (χ4n) is 3.90. The van der Waals surface area contributed by atoms with Crippen LogP contribution in [0.4, 0.5) is 0 Å². The van der Waals surface area contributed by atoms with E-state index in [0.717, 1.165) is 28.8 Å². The van der Waals surface area contributed by atoms with Gasteiger partial charge < -0.3 is 15.0 Å². The van der Waals surface area contributed by atoms with Gasteiger partial charge in [0.1, 0.15) is 11.4 Å². The minimum Gasteiger partial charge on any atom is -0.494 e. The molecule has 1 fully saturated rings. The number of hydrogen-bond donors (Lipinski definition) is 2. The second-order valence-corrected chi connectivity index (χ2v) is 7.70. The number of carbonyl (C=O) groups excluding carboxylic acids is 1. The zero-order chi connectivity index (χ0) is 20.1. The first-order chi connectivity index (χ1) is 14.2. The van der Waals surface area contributed by atoms with Crippen molar-refractivity contribution in [2.24, 2.45) is 0 Å². The SMILES string of the molecule is CCOc1ccc2cc(C(=O)NCc3ccc(CN4CCCCC4)cc3)[nH]c2c1. The molecule has 152 valence electrons. The number of nitrogens with one attached hydrogen (secondary N) is 2. The van der Waals surface area contributed by atoms with Crippen molar-refractivity contribution < 1.29 is 9.53 Å². The van der Waals surface area contributed by atoms with Gasteiger partial charge in [-0.25, -0.2) is 0 Å². The van der Waals surface area contributed by atoms with E-state index in [-0.39, 0.29) is 5.91 Å². The highest BCUT2D eigenvalue weighted by Crippen LogP contribution is 2.21. The van der Waals surface area contributed by atoms with Crippen molar-refractivity contribution in [2.75, 3.05) is 19.7 Å². The Bertz CT molecular complexity index is 956. The molecule has 5 nitrogen and oxygen atoms in total. The molecule has 2 N–H and O–H groups in total. The third-order valence-corrected chi connectivity index (χ3v) is 5.48. The molecule has 1 aliphatic heterocycles. The molecule has 1 amide bonds. The van der Waals surface area contributed by atoms with Gasteiger partial charge >= 0.3 is 0 Å². The molecule has 0 aliphatic carbocycles. The largest absolute Gasteiger partial charge is 0.494 e. The average molecular weight is 392 g/mol. The summed E-state index contributed by atoms with van der Waals surface area (Å²) in [5.74, 6) is 0.704. The summed E-state index contributed by atoms with van der Waals surface area (Å²) in [6.45, 7) is 6.52. The second-order valence-electron chi connectivity index (χ2n) is 7.70. The average Bonchev–Trinajstić information content (AvgIpc) is 3.18. The van der Waals surface area contributed by atoms with Crippen LogP contribution in [-0.4, -0.2) is 35.5 Å². The van der Waals surface area contributed by atoms with Gasteiger partial charge in [-0.05, 0) is 62.2 Å². The number of amides is 1. The number of ether oxygens (including phenoxy) is 1. The Morgan fingerprint density at radius 1 is 1.03 bits per heavy atom. The number of likely N-dealkylation sites (tertiary alicyclic amines) is 1. The Balaban J connectivity index is 1.33. The van der Waals surface area contributed by atoms with Gasteiger partial charge in [-0.1, -0.05) is 30.7 Å². The standard InChI is InChI=1S/C24H29N3O2/c1-2-29-21-11-10-20-14-23(26-22(20)15-21)24(28)25-16-18-6-8-19(9-7-18)17-27-12-4-3-5-13-27/h6-11,14-15,26H,2-5,12-13,16-17H2,1H3,(H,25,28). The van der Waals surface area contributed by atoms with Gasteiger partial charge in [0.05, 0.1) is 6.61 Å². The molecule has 0 atom stereocenters. The molecule has 1 aromatic heterocycles. The smallest absolute Gasteiger partial charge is 0.267 e. The number of rotatable bonds is 7. The van der Waals surface area contributed by atoms with Gasteiger partial charge in [-0.3, -0.25) is 9.69 Å². The van der Waals surface area contributed by atoms with E-state index in [2.05, 4.69) is 39.5 Å². The van der Waals surface area contributed by atoms with Crippen LogP contribution in [-0.2, 0) is 13.1 Å². The van der Waals surface area contributed by atoms with Crippen LogP contribution in [0.1, 0.15) is 47.8 Å². The van der Waals surface area contributed by atoms with Gasteiger partial charge in [0, 0.05) is 30.1 Å². The molecular weight excluding hydrogens is 362 g/mol. The van der Waals surface area contributed by atoms with Crippen molar-refractivity contribution in [1.82, 2.24) is 15.2 Å². The van der Waals surface area contributed by atoms with Crippen LogP contribution >= 0.6 is 0 Å². The van der Waals surface area contributed by atoms with E-state index >= 15 is 0 Å². The predicted molar refractivity (Wildman–Crippen MR) is 116 cm³/mol. The molecule has 2 aromatic carbocycles. The molecule has 0 unspecified atom stereocenters. The lowest BCUT2D eigenvalue weighted by Crippen LogP contribution is -2.29. The number of nitrogens with zero attached hydrogens (tertiary/aromatic N) is 1. The molecule has 0 saturated carbocycles. The van der Waals surface area contributed by atoms with E-state index in [4.69, 9.17) is 4.74 Å². The highest BCUT2D eigenvalue weighted by Gasteiger charge is 2.12. The molecule has 0 radical (unpaired) electrons. The van der Waals surface area contributed by atoms with E-state index in [0.29, 0.717) is 18.8 Å². The first-order valence-corrected chi connectivity index (χ1v) is 10.6. The molecule has 29 heavy (non-hydrogen) atoms. The fourth-order valence-corrected chi connectivity index (χ4v) is 3.90. The van der Waals surface area contributed by atoms with Crippen molar-refractivity contribution in [3.8, 4) is 5.75 Å². The molecule has 4 rings (SSSR count). The van der Waals surface area contributed by atoms with Crippen LogP contribution in [0.5, 0.6) is 5.75 Å². The Hall–Kier alpha value is -2.79. The molecule has 0 spiro atoms. The zero-order valence-electron chi connectivity index (χ0n) is 17.0. The second kappa shape index (κ2) is 9.14. The lowest BCUT2D eigenvalue weighted by atomic mass is 10.1. The summed E-state index contributed by atoms with van der Waals surface area (Å²) in [7, 11) is 0. The van der Waals surface area contributed by atoms with E-state index < -0.39 is 0 Å². The minimum atomic E-state index is -0.100. The summed E-state index contributed by atoms with van der Waals surface area (Å²) >= 11 is 0. The van der Waals surface area contributed by atoms with Gasteiger partial charge in [-0.2, -0.15) is 0 Å². The highest BCUT2D eigenvalue weighted by molar-refractivity contribution is 5.98. The van der Waals surface area contributed by atoms with Crippen LogP contribution in [0, 0.1) is 0 Å². The van der Waals surface area contributed by atoms with Crippen molar-refractivity contribution in [3.63, 3.8) is 0 Å². The maximum Gasteiger partial charge on any atom is 0.267 e. The minimum absolute atomic E-state index is 0.100. The van der Waals surface area contributed by atoms with Gasteiger partial charge in [-0.15, -0.1) is 0 Å². The number of aromatic nitrogens is 1. The number of piperidine rings is 1. The summed E-state index contributed by atoms with van der Waals surface area (Å²) in [5.41, 5.74) is 3.91. The number of carbonyl (C=O) groups is 1. The first kappa shape index (κ1) is 19.5. The van der Waals surface area contributed by atoms with Crippen LogP contribution in [0.3, 0.4) is 0 Å². The topological polar surface area (TPSA) is 57.4 Å². The summed E-state index contributed by atoms with van der Waals surface area (Å²) in [5, 5.41) is 4.01. The van der Waals surface area contributed by atoms with Crippen LogP contribution in [0.25, 0.3) is 10.9 Å². The van der Waals surface area contributed by atoms with Crippen molar-refractivity contribution in [2.45, 2.75) is 39.3 Å². The predicted octanol–water partition coefficient (Wildman–Crippen LogP) is 4.48. The van der Waals surface area contributed by atoms with Crippen LogP contribution < -0.4 is 10.1 Å². The summed E-state index contributed by atoms with van der Waals surface area (Å²) < 4.78 is 5.52. The van der Waals surface area contributed by atoms with Crippen LogP contribution in [0.15, 0.2) is 48.5 Å². The summed E-state index contributed by atoms with van der Waals surface area (Å²) in [4.78, 5) is 18.3. The normalized spacial score (nSPS) is 14.8. The Kier molecular flexibility index (Phi) is 6.15. The quantitative estimate of drug-likeness (QED) is 0.624. The molecule has 1 saturated heterocycles. The van der Waals surface area contributed by atoms with Gasteiger partial charge in [0.2, 0.25) is 0 Å². The zero-order valence-corrected chi connectivity index (χ0v) is 17.0. The van der Waals surface area contributed by atoms with E-state index in [1.807, 2.05) is 31.2 Å². The molecule has 5 heteroatoms. The Labute approximate surface area is 172 Å². The fraction of sp³-hybridized carbons (Fsp3) is 0.375. The van der Waals surface area contributed by atoms with Crippen LogP contribution in [0.2, 0.25) is 0 Å². The summed E-state index contributed by atoms with van der Waals surface area (Å²) in [6.07, 6.45) is 3.98. The number of hydrogen-bond acceptors (Lipinski definition) is 3. The molecule has 1 aliphatic rings. The van der Waals surface area contributed by atoms with Crippen molar-refractivity contribution in [1.29, 1.82) is 0 Å². The van der Waals surface area contributed by atoms with E-state index in [1.54, 1.807) is 0 Å². The first-order valence-electron chi connectivity index (χ1n) is 10.6. The lowest BCUT2D eigenvalue weighted by molar-refractivity contribution is 0.0946. The number of benzene rings is 2. The van der Waals surface area contributed by atoms with Crippen molar-refractivity contribution in [3.05, 3.63) is 65.4 Å². The maximum atomic E-state index is 12.5. The maximum absolute atomic E-state index is 12.5. The highest BCUT2D eigenvalue weighted by atomic mass is 16.5. The Morgan fingerprint density at radius 2 is 1.79 bits per heavy atom. The number of H-pyrrole nitrogens is 1. The molecule has 0 bridgehead atoms. The van der Waals surface area contributed by atoms with Gasteiger partial charge in [0.25, 0.3) is 5.91 Å². The number of fused-ring (bicyclic) bond motifs is 1. The Morgan fingerprint density at radius 3 is 2.55 bits per heavy atom. The van der Waals surface area contributed by atoms with Gasteiger partial charge in [0.15, 0.2) is 0 Å². The molecule has 2 heterocycles. The molecular formula is C24H29N3O2. The lowest BCUT2D eigenvalue weighted by Gasteiger charge is -2.26. The van der Waals surface area contributed by atoms with E-state index in [1.165, 1.54) is 37.9 Å². The summed E-state index contributed by atoms with van der Waals surface area (Å²) in [6, 6.07) is 16.3. The van der Waals surface area contributed by atoms with E-state index in [9.17, 15) is 4.79 Å². The van der Waals surface area contributed by atoms with Crippen molar-refractivity contribution >= 4 is 16.8 Å². The molecule has 3 aromatic rings. The number of aromatic amines is 1. The third kappa shape index (κ3) is 4.98. The monoisotopic (exact) mass is 391 g/mol. The third-order valence-electron chi connectivity index (χ3n) is 5.48.